The number of carbonyl (C=O) groups excluding carboxylic acids is 3. The van der Waals surface area contributed by atoms with Crippen molar-refractivity contribution in [3.05, 3.63) is 108 Å². The fourth-order valence-corrected chi connectivity index (χ4v) is 8.54. The molecule has 14 nitrogen and oxygen atoms in total. The molecular weight excluding hydrogens is 757 g/mol. The van der Waals surface area contributed by atoms with Crippen molar-refractivity contribution >= 4 is 40.3 Å². The van der Waals surface area contributed by atoms with Gasteiger partial charge in [0.1, 0.15) is 12.0 Å². The van der Waals surface area contributed by atoms with Gasteiger partial charge in [0.05, 0.1) is 5.69 Å². The number of anilines is 2. The monoisotopic (exact) mass is 806 g/mol. The molecule has 0 aliphatic carbocycles. The van der Waals surface area contributed by atoms with E-state index in [1.165, 1.54) is 11.3 Å². The Morgan fingerprint density at radius 3 is 2.33 bits per heavy atom. The smallest absolute Gasteiger partial charge is 0.328 e. The summed E-state index contributed by atoms with van der Waals surface area (Å²) in [6.07, 6.45) is 4.22. The van der Waals surface area contributed by atoms with Crippen LogP contribution < -0.4 is 20.4 Å². The van der Waals surface area contributed by atoms with E-state index in [9.17, 15) is 14.4 Å². The number of aromatic amines is 1. The van der Waals surface area contributed by atoms with Crippen molar-refractivity contribution in [2.45, 2.75) is 64.8 Å². The number of imide groups is 1. The fraction of sp³-hybridized carbons (Fsp3) is 0.370. The third-order valence-electron chi connectivity index (χ3n) is 12.1. The van der Waals surface area contributed by atoms with Gasteiger partial charge in [0.15, 0.2) is 5.82 Å². The number of nitrogens with one attached hydrogen (secondary N) is 3. The van der Waals surface area contributed by atoms with Crippen molar-refractivity contribution in [3.8, 4) is 22.5 Å². The maximum atomic E-state index is 12.7. The van der Waals surface area contributed by atoms with Crippen molar-refractivity contribution in [2.24, 2.45) is 5.92 Å². The zero-order valence-corrected chi connectivity index (χ0v) is 34.5. The van der Waals surface area contributed by atoms with E-state index < -0.39 is 5.91 Å². The largest absolute Gasteiger partial charge is 0.371 e. The summed E-state index contributed by atoms with van der Waals surface area (Å²) in [5.41, 5.74) is 9.77. The summed E-state index contributed by atoms with van der Waals surface area (Å²) in [4.78, 5) is 60.1. The van der Waals surface area contributed by atoms with Crippen LogP contribution >= 0.6 is 0 Å². The van der Waals surface area contributed by atoms with Gasteiger partial charge in [0.2, 0.25) is 5.91 Å². The van der Waals surface area contributed by atoms with Crippen LogP contribution in [-0.4, -0.2) is 87.1 Å². The lowest BCUT2D eigenvalue weighted by atomic mass is 9.88. The topological polar surface area (TPSA) is 165 Å². The lowest BCUT2D eigenvalue weighted by molar-refractivity contribution is -0.120. The number of urea groups is 1. The van der Waals surface area contributed by atoms with Crippen LogP contribution in [0.5, 0.6) is 0 Å². The number of amides is 4. The highest BCUT2D eigenvalue weighted by Crippen LogP contribution is 2.35. The molecule has 0 bridgehead atoms. The molecule has 0 saturated carbocycles. The van der Waals surface area contributed by atoms with Crippen LogP contribution in [0.3, 0.4) is 0 Å². The quantitative estimate of drug-likeness (QED) is 0.132. The molecule has 3 fully saturated rings. The predicted octanol–water partition coefficient (Wildman–Crippen LogP) is 6.97. The number of hydrogen-bond acceptors (Lipinski definition) is 10. The summed E-state index contributed by atoms with van der Waals surface area (Å²) in [7, 11) is 0. The molecule has 3 aliphatic heterocycles. The van der Waals surface area contributed by atoms with Crippen molar-refractivity contribution in [1.29, 1.82) is 0 Å². The van der Waals surface area contributed by atoms with Crippen LogP contribution in [0.25, 0.3) is 33.5 Å². The first-order valence-corrected chi connectivity index (χ1v) is 20.8. The van der Waals surface area contributed by atoms with E-state index in [2.05, 4.69) is 94.1 Å². The van der Waals surface area contributed by atoms with E-state index in [0.717, 1.165) is 95.9 Å². The lowest BCUT2D eigenvalue weighted by Gasteiger charge is -2.44. The molecule has 6 aromatic rings. The molecule has 3 aromatic carbocycles. The Morgan fingerprint density at radius 2 is 1.63 bits per heavy atom. The number of hydrogen-bond donors (Lipinski definition) is 3. The molecule has 0 atom stereocenters. The third kappa shape index (κ3) is 8.11. The second-order valence-corrected chi connectivity index (χ2v) is 17.4. The molecule has 4 amide bonds. The number of H-pyrrole nitrogens is 1. The molecule has 6 heterocycles. The third-order valence-corrected chi connectivity index (χ3v) is 12.1. The Hall–Kier alpha value is -6.41. The molecule has 9 rings (SSSR count). The van der Waals surface area contributed by atoms with Gasteiger partial charge < -0.3 is 24.6 Å². The fourth-order valence-electron chi connectivity index (χ4n) is 8.54. The van der Waals surface area contributed by atoms with Gasteiger partial charge in [-0.25, -0.2) is 14.8 Å². The number of aryl methyl sites for hydroxylation is 1. The van der Waals surface area contributed by atoms with Crippen molar-refractivity contribution in [1.82, 2.24) is 40.6 Å². The predicted molar refractivity (Wildman–Crippen MR) is 230 cm³/mol. The number of piperidine rings is 1. The molecule has 3 saturated heterocycles. The van der Waals surface area contributed by atoms with E-state index in [4.69, 9.17) is 4.52 Å². The van der Waals surface area contributed by atoms with Gasteiger partial charge >= 0.3 is 17.8 Å². The molecular formula is C46H50N10O4. The SMILES string of the molecule is Cc1cc(-c2ncnc3[nH]c(-c4ccc(C5CCN(CC6CN(c7ccc(N8CCC(=O)NC8=O)cc7)C6)CC5)cc4)cc23)ccc1CNC(=O)c1nc(C(C)(C)C)no1. The van der Waals surface area contributed by atoms with E-state index in [0.29, 0.717) is 37.2 Å². The number of benzene rings is 3. The number of rotatable bonds is 10. The normalized spacial score (nSPS) is 16.9. The molecule has 3 aliphatic rings. The van der Waals surface area contributed by atoms with Crippen LogP contribution in [0.2, 0.25) is 0 Å². The Kier molecular flexibility index (Phi) is 10.4. The van der Waals surface area contributed by atoms with Gasteiger partial charge in [0.25, 0.3) is 0 Å². The summed E-state index contributed by atoms with van der Waals surface area (Å²) < 4.78 is 5.20. The highest BCUT2D eigenvalue weighted by atomic mass is 16.5. The molecule has 14 heteroatoms. The van der Waals surface area contributed by atoms with Crippen molar-refractivity contribution in [2.75, 3.05) is 49.1 Å². The number of aromatic nitrogens is 5. The Labute approximate surface area is 348 Å². The molecule has 308 valence electrons. The molecule has 3 N–H and O–H groups in total. The zero-order chi connectivity index (χ0) is 41.5. The Balaban J connectivity index is 0.767. The summed E-state index contributed by atoms with van der Waals surface area (Å²) in [6, 6.07) is 25.0. The Bertz CT molecular complexity index is 2540. The van der Waals surface area contributed by atoms with Gasteiger partial charge in [-0.05, 0) is 97.4 Å². The first-order chi connectivity index (χ1) is 28.9. The number of carbonyl (C=O) groups is 3. The van der Waals surface area contributed by atoms with E-state index >= 15 is 0 Å². The molecule has 0 unspecified atom stereocenters. The van der Waals surface area contributed by atoms with E-state index in [1.807, 2.05) is 52.0 Å². The first kappa shape index (κ1) is 39.1. The highest BCUT2D eigenvalue weighted by Gasteiger charge is 2.31. The lowest BCUT2D eigenvalue weighted by Crippen LogP contribution is -2.52. The second-order valence-electron chi connectivity index (χ2n) is 17.4. The minimum Gasteiger partial charge on any atom is -0.371 e. The number of fused-ring (bicyclic) bond motifs is 1. The van der Waals surface area contributed by atoms with Crippen molar-refractivity contribution < 1.29 is 18.9 Å². The summed E-state index contributed by atoms with van der Waals surface area (Å²) >= 11 is 0. The minimum atomic E-state index is -0.403. The molecule has 0 spiro atoms. The van der Waals surface area contributed by atoms with Gasteiger partial charge in [-0.3, -0.25) is 19.8 Å². The highest BCUT2D eigenvalue weighted by molar-refractivity contribution is 6.05. The maximum absolute atomic E-state index is 12.7. The van der Waals surface area contributed by atoms with Gasteiger partial charge in [-0.2, -0.15) is 4.98 Å². The average Bonchev–Trinajstić information content (AvgIpc) is 3.91. The molecule has 0 radical (unpaired) electrons. The number of likely N-dealkylation sites (tertiary alicyclic amines) is 1. The van der Waals surface area contributed by atoms with E-state index in [-0.39, 0.29) is 23.2 Å². The number of nitrogens with zero attached hydrogens (tertiary/aromatic N) is 7. The van der Waals surface area contributed by atoms with Crippen LogP contribution in [0.15, 0.2) is 83.6 Å². The summed E-state index contributed by atoms with van der Waals surface area (Å²) in [5, 5.41) is 10.2. The van der Waals surface area contributed by atoms with Gasteiger partial charge in [-0.15, -0.1) is 0 Å². The second kappa shape index (κ2) is 16.0. The van der Waals surface area contributed by atoms with Gasteiger partial charge in [-0.1, -0.05) is 62.3 Å². The van der Waals surface area contributed by atoms with Crippen LogP contribution in [0.4, 0.5) is 16.2 Å². The standard InChI is InChI=1S/C46H50N10O4/c1-28-21-33(9-10-34(28)23-47-42(58)43-52-44(53-60-43)46(2,3)4)40-37-22-38(50-41(37)49-27-48-40)32-7-5-30(6-8-32)31-15-18-54(19-16-31)24-29-25-55(26-29)35-11-13-36(14-12-35)56-20-17-39(57)51-45(56)59/h5-14,21-22,27,29,31H,15-20,23-26H2,1-4H3,(H,47,58)(H,48,49,50)(H,51,57,59). The maximum Gasteiger partial charge on any atom is 0.328 e. The van der Waals surface area contributed by atoms with Gasteiger partial charge in [0, 0.05) is 78.5 Å². The zero-order valence-electron chi connectivity index (χ0n) is 34.5. The molecule has 60 heavy (non-hydrogen) atoms. The molecule has 3 aromatic heterocycles. The summed E-state index contributed by atoms with van der Waals surface area (Å²) in [6.45, 7) is 14.1. The Morgan fingerprint density at radius 1 is 0.900 bits per heavy atom. The summed E-state index contributed by atoms with van der Waals surface area (Å²) in [5.74, 6) is 1.02. The first-order valence-electron chi connectivity index (χ1n) is 20.8. The van der Waals surface area contributed by atoms with Crippen LogP contribution in [0.1, 0.15) is 79.2 Å². The van der Waals surface area contributed by atoms with Crippen molar-refractivity contribution in [3.63, 3.8) is 0 Å². The minimum absolute atomic E-state index is 0.0417. The van der Waals surface area contributed by atoms with Crippen LogP contribution in [0, 0.1) is 12.8 Å². The van der Waals surface area contributed by atoms with E-state index in [1.54, 1.807) is 11.2 Å². The van der Waals surface area contributed by atoms with Crippen LogP contribution in [-0.2, 0) is 16.8 Å². The average molecular weight is 807 g/mol.